The van der Waals surface area contributed by atoms with Crippen LogP contribution in [0.1, 0.15) is 63.6 Å². The number of ether oxygens (including phenoxy) is 1. The fourth-order valence-corrected chi connectivity index (χ4v) is 8.78. The van der Waals surface area contributed by atoms with E-state index in [0.717, 1.165) is 25.8 Å². The maximum absolute atomic E-state index is 17.1. The van der Waals surface area contributed by atoms with Gasteiger partial charge in [0.1, 0.15) is 41.4 Å². The van der Waals surface area contributed by atoms with Crippen LogP contribution >= 0.6 is 0 Å². The maximum Gasteiger partial charge on any atom is 0.319 e. The lowest BCUT2D eigenvalue weighted by molar-refractivity contribution is 0.00445. The second-order valence-electron chi connectivity index (χ2n) is 13.8. The SMILES string of the molecule is CCc1c(F)ccc2cc(O)cc(-c3nc4c5c(nc(OC[C@@]67CCCN6C[C@H](F)C7)nc5c3F)N3CCC[C@@](C)(O)[C@H]3CC4)c12. The van der Waals surface area contributed by atoms with Crippen LogP contribution in [0.3, 0.4) is 0 Å². The van der Waals surface area contributed by atoms with E-state index in [-0.39, 0.29) is 41.2 Å². The molecule has 8 rings (SSSR count). The molecule has 4 aromatic rings. The average Bonchev–Trinajstić information content (AvgIpc) is 3.49. The highest BCUT2D eigenvalue weighted by Crippen LogP contribution is 2.45. The number of aliphatic hydroxyl groups is 1. The van der Waals surface area contributed by atoms with Gasteiger partial charge in [0.25, 0.3) is 0 Å². The van der Waals surface area contributed by atoms with Crippen LogP contribution in [0.5, 0.6) is 11.8 Å². The molecule has 0 saturated carbocycles. The molecule has 0 unspecified atom stereocenters. The number of anilines is 1. The van der Waals surface area contributed by atoms with E-state index in [1.165, 1.54) is 18.2 Å². The van der Waals surface area contributed by atoms with Crippen LogP contribution in [0.15, 0.2) is 24.3 Å². The van der Waals surface area contributed by atoms with Gasteiger partial charge in [-0.1, -0.05) is 13.0 Å². The van der Waals surface area contributed by atoms with Gasteiger partial charge in [0.15, 0.2) is 5.82 Å². The number of benzene rings is 2. The molecule has 8 nitrogen and oxygen atoms in total. The minimum atomic E-state index is -1.00. The van der Waals surface area contributed by atoms with Gasteiger partial charge in [-0.05, 0) is 92.9 Å². The van der Waals surface area contributed by atoms with Crippen LogP contribution < -0.4 is 9.64 Å². The Morgan fingerprint density at radius 2 is 1.89 bits per heavy atom. The molecular formula is C35H38F3N5O3. The van der Waals surface area contributed by atoms with Crippen molar-refractivity contribution in [3.05, 3.63) is 47.2 Å². The van der Waals surface area contributed by atoms with Gasteiger partial charge in [0.2, 0.25) is 0 Å². The molecule has 2 N–H and O–H groups in total. The highest BCUT2D eigenvalue weighted by atomic mass is 19.1. The monoisotopic (exact) mass is 633 g/mol. The molecule has 2 aromatic carbocycles. The van der Waals surface area contributed by atoms with E-state index in [9.17, 15) is 14.6 Å². The number of hydrogen-bond acceptors (Lipinski definition) is 8. The molecule has 4 aliphatic heterocycles. The summed E-state index contributed by atoms with van der Waals surface area (Å²) in [7, 11) is 0. The lowest BCUT2D eigenvalue weighted by Gasteiger charge is -2.45. The van der Waals surface area contributed by atoms with Gasteiger partial charge >= 0.3 is 6.01 Å². The molecule has 11 heteroatoms. The molecule has 3 saturated heterocycles. The average molecular weight is 634 g/mol. The Morgan fingerprint density at radius 3 is 2.72 bits per heavy atom. The smallest absolute Gasteiger partial charge is 0.319 e. The fraction of sp³-hybridized carbons (Fsp3) is 0.514. The molecule has 0 bridgehead atoms. The van der Waals surface area contributed by atoms with Crippen LogP contribution in [0.2, 0.25) is 0 Å². The van der Waals surface area contributed by atoms with Crippen molar-refractivity contribution in [2.24, 2.45) is 0 Å². The number of pyridine rings is 1. The van der Waals surface area contributed by atoms with Gasteiger partial charge in [0.05, 0.1) is 28.3 Å². The first-order chi connectivity index (χ1) is 22.1. The molecule has 242 valence electrons. The topological polar surface area (TPSA) is 94.8 Å². The number of aromatic nitrogens is 3. The maximum atomic E-state index is 17.1. The second kappa shape index (κ2) is 10.7. The first kappa shape index (κ1) is 29.7. The number of piperidine rings is 1. The van der Waals surface area contributed by atoms with Crippen LogP contribution in [-0.4, -0.2) is 79.7 Å². The summed E-state index contributed by atoms with van der Waals surface area (Å²) in [6.45, 7) is 5.65. The molecule has 2 aromatic heterocycles. The first-order valence-corrected chi connectivity index (χ1v) is 16.4. The third-order valence-electron chi connectivity index (χ3n) is 10.9. The molecule has 46 heavy (non-hydrogen) atoms. The van der Waals surface area contributed by atoms with Crippen molar-refractivity contribution < 1.29 is 28.1 Å². The summed E-state index contributed by atoms with van der Waals surface area (Å²) in [5.41, 5.74) is -0.214. The van der Waals surface area contributed by atoms with E-state index in [1.54, 1.807) is 6.07 Å². The van der Waals surface area contributed by atoms with Crippen molar-refractivity contribution in [3.8, 4) is 23.0 Å². The number of rotatable bonds is 5. The highest BCUT2D eigenvalue weighted by molar-refractivity contribution is 6.02. The minimum Gasteiger partial charge on any atom is -0.508 e. The summed E-state index contributed by atoms with van der Waals surface area (Å²) in [6.07, 6.45) is 3.90. The van der Waals surface area contributed by atoms with Crippen molar-refractivity contribution in [1.29, 1.82) is 0 Å². The summed E-state index contributed by atoms with van der Waals surface area (Å²) in [4.78, 5) is 18.5. The number of nitrogens with zero attached hydrogens (tertiary/aromatic N) is 5. The van der Waals surface area contributed by atoms with E-state index < -0.39 is 28.9 Å². The van der Waals surface area contributed by atoms with Gasteiger partial charge in [-0.3, -0.25) is 4.90 Å². The van der Waals surface area contributed by atoms with Gasteiger partial charge in [0, 0.05) is 25.1 Å². The minimum absolute atomic E-state index is 0.0139. The Kier molecular flexibility index (Phi) is 6.88. The highest BCUT2D eigenvalue weighted by Gasteiger charge is 2.50. The molecule has 6 heterocycles. The third-order valence-corrected chi connectivity index (χ3v) is 10.9. The number of phenols is 1. The quantitative estimate of drug-likeness (QED) is 0.276. The molecular weight excluding hydrogens is 595 g/mol. The Hall–Kier alpha value is -3.70. The normalized spacial score (nSPS) is 27.7. The zero-order valence-electron chi connectivity index (χ0n) is 26.1. The number of phenolic OH excluding ortho intramolecular Hbond substituents is 1. The van der Waals surface area contributed by atoms with Gasteiger partial charge in [-0.25, -0.2) is 18.2 Å². The number of aryl methyl sites for hydroxylation is 2. The first-order valence-electron chi connectivity index (χ1n) is 16.4. The summed E-state index contributed by atoms with van der Waals surface area (Å²) in [5.74, 6) is -0.763. The van der Waals surface area contributed by atoms with Crippen LogP contribution in [-0.2, 0) is 12.8 Å². The van der Waals surface area contributed by atoms with Crippen molar-refractivity contribution in [1.82, 2.24) is 19.9 Å². The van der Waals surface area contributed by atoms with Crippen molar-refractivity contribution >= 4 is 27.5 Å². The third kappa shape index (κ3) is 4.52. The largest absolute Gasteiger partial charge is 0.508 e. The second-order valence-corrected chi connectivity index (χ2v) is 13.8. The number of halogens is 3. The number of hydrogen-bond donors (Lipinski definition) is 2. The van der Waals surface area contributed by atoms with E-state index >= 15 is 8.78 Å². The predicted molar refractivity (Wildman–Crippen MR) is 169 cm³/mol. The zero-order chi connectivity index (χ0) is 32.0. The molecule has 3 fully saturated rings. The standard InChI is InChI=1S/C35H38F3N5O3/c1-3-22-24(37)7-6-19-14-21(44)15-23(27(19)22)30-29(38)31-28-25(39-30)8-9-26-34(2,45)10-4-13-43(26)32(28)41-33(40-31)46-18-35-11-5-12-42(35)17-20(36)16-35/h6-7,14-15,20,26,44-45H,3-5,8-13,16-18H2,1-2H3/t20-,26-,34-,35+/m1/s1. The lowest BCUT2D eigenvalue weighted by atomic mass is 9.84. The van der Waals surface area contributed by atoms with Crippen LogP contribution in [0.25, 0.3) is 32.9 Å². The zero-order valence-corrected chi connectivity index (χ0v) is 26.1. The number of aromatic hydroxyl groups is 1. The summed E-state index contributed by atoms with van der Waals surface area (Å²) < 4.78 is 52.9. The fourth-order valence-electron chi connectivity index (χ4n) is 8.78. The van der Waals surface area contributed by atoms with E-state index in [0.29, 0.717) is 78.4 Å². The Balaban J connectivity index is 1.34. The molecule has 4 atom stereocenters. The van der Waals surface area contributed by atoms with Gasteiger partial charge in [-0.15, -0.1) is 0 Å². The van der Waals surface area contributed by atoms with Gasteiger partial charge in [-0.2, -0.15) is 9.97 Å². The molecule has 4 aliphatic rings. The summed E-state index contributed by atoms with van der Waals surface area (Å²) in [6, 6.07) is 5.59. The molecule has 0 radical (unpaired) electrons. The number of fused-ring (bicyclic) bond motifs is 4. The van der Waals surface area contributed by atoms with Gasteiger partial charge < -0.3 is 19.8 Å². The summed E-state index contributed by atoms with van der Waals surface area (Å²) in [5, 5.41) is 23.7. The Morgan fingerprint density at radius 1 is 1.07 bits per heavy atom. The van der Waals surface area contributed by atoms with E-state index in [1.807, 2.05) is 18.7 Å². The van der Waals surface area contributed by atoms with E-state index in [4.69, 9.17) is 14.7 Å². The van der Waals surface area contributed by atoms with Crippen molar-refractivity contribution in [3.63, 3.8) is 0 Å². The molecule has 0 amide bonds. The predicted octanol–water partition coefficient (Wildman–Crippen LogP) is 6.01. The number of alkyl halides is 1. The Labute approximate surface area is 265 Å². The summed E-state index contributed by atoms with van der Waals surface area (Å²) >= 11 is 0. The lowest BCUT2D eigenvalue weighted by Crippen LogP contribution is -2.55. The van der Waals surface area contributed by atoms with Crippen molar-refractivity contribution in [2.45, 2.75) is 88.6 Å². The van der Waals surface area contributed by atoms with Crippen LogP contribution in [0.4, 0.5) is 19.0 Å². The Bertz CT molecular complexity index is 1890. The van der Waals surface area contributed by atoms with E-state index in [2.05, 4.69) is 9.88 Å². The van der Waals surface area contributed by atoms with Crippen LogP contribution in [0, 0.1) is 11.6 Å². The van der Waals surface area contributed by atoms with Crippen molar-refractivity contribution in [2.75, 3.05) is 31.1 Å². The molecule has 0 aliphatic carbocycles. The molecule has 0 spiro atoms.